The Morgan fingerprint density at radius 2 is 1.87 bits per heavy atom. The third kappa shape index (κ3) is 2.01. The number of rotatable bonds is 2. The zero-order chi connectivity index (χ0) is 16.1. The first-order chi connectivity index (χ1) is 11.1. The number of hydrogen-bond donors (Lipinski definition) is 0. The summed E-state index contributed by atoms with van der Waals surface area (Å²) in [4.78, 5) is 9.10. The maximum absolute atomic E-state index is 6.18. The van der Waals surface area contributed by atoms with Crippen molar-refractivity contribution in [1.29, 1.82) is 0 Å². The van der Waals surface area contributed by atoms with Crippen molar-refractivity contribution in [3.8, 4) is 0 Å². The molecule has 0 radical (unpaired) electrons. The van der Waals surface area contributed by atoms with Crippen molar-refractivity contribution in [3.63, 3.8) is 0 Å². The predicted molar refractivity (Wildman–Crippen MR) is 94.5 cm³/mol. The minimum absolute atomic E-state index is 0.321. The molecule has 4 heteroatoms. The first-order valence-corrected chi connectivity index (χ1v) is 8.08. The normalized spacial score (nSPS) is 17.8. The molecule has 0 spiro atoms. The lowest BCUT2D eigenvalue weighted by Crippen LogP contribution is -2.36. The minimum atomic E-state index is 0.321. The molecule has 0 saturated heterocycles. The molecule has 1 aromatic carbocycles. The van der Waals surface area contributed by atoms with Crippen LogP contribution in [0.4, 0.5) is 5.69 Å². The Hall–Kier alpha value is -2.49. The number of aromatic nitrogens is 1. The highest BCUT2D eigenvalue weighted by molar-refractivity contribution is 6.08. The van der Waals surface area contributed by atoms with Crippen molar-refractivity contribution in [2.45, 2.75) is 33.4 Å². The monoisotopic (exact) mass is 307 g/mol. The van der Waals surface area contributed by atoms with Crippen LogP contribution in [0.5, 0.6) is 0 Å². The molecule has 1 aliphatic heterocycles. The van der Waals surface area contributed by atoms with Crippen LogP contribution >= 0.6 is 0 Å². The summed E-state index contributed by atoms with van der Waals surface area (Å²) in [5.74, 6) is 0. The molecule has 0 N–H and O–H groups in total. The lowest BCUT2D eigenvalue weighted by atomic mass is 10.1. The highest BCUT2D eigenvalue weighted by atomic mass is 16.3. The molecule has 1 atom stereocenters. The second-order valence-corrected chi connectivity index (χ2v) is 6.27. The van der Waals surface area contributed by atoms with E-state index < -0.39 is 0 Å². The summed E-state index contributed by atoms with van der Waals surface area (Å²) < 4.78 is 6.18. The Kier molecular flexibility index (Phi) is 3.08. The number of aryl methyl sites for hydroxylation is 2. The van der Waals surface area contributed by atoms with Gasteiger partial charge in [0.1, 0.15) is 6.17 Å². The number of pyridine rings is 1. The molecule has 23 heavy (non-hydrogen) atoms. The van der Waals surface area contributed by atoms with Crippen LogP contribution in [0.1, 0.15) is 24.6 Å². The fraction of sp³-hybridized carbons (Fsp3) is 0.316. The van der Waals surface area contributed by atoms with Crippen molar-refractivity contribution in [2.75, 3.05) is 11.9 Å². The van der Waals surface area contributed by atoms with E-state index in [2.05, 4.69) is 66.3 Å². The largest absolute Gasteiger partial charge is 0.435 e. The SMILES string of the molecule is CC[C@H]1N(C)C=CN1c1c(C)ccc2c1oc1nc(C)ccc12. The summed E-state index contributed by atoms with van der Waals surface area (Å²) in [7, 11) is 2.11. The molecule has 0 saturated carbocycles. The van der Waals surface area contributed by atoms with Gasteiger partial charge in [-0.15, -0.1) is 0 Å². The van der Waals surface area contributed by atoms with Crippen LogP contribution in [0.15, 0.2) is 41.1 Å². The molecule has 3 heterocycles. The Balaban J connectivity index is 2.00. The highest BCUT2D eigenvalue weighted by Crippen LogP contribution is 2.39. The van der Waals surface area contributed by atoms with E-state index in [4.69, 9.17) is 4.42 Å². The third-order valence-corrected chi connectivity index (χ3v) is 4.70. The van der Waals surface area contributed by atoms with E-state index in [0.29, 0.717) is 6.17 Å². The molecule has 0 aliphatic carbocycles. The van der Waals surface area contributed by atoms with Gasteiger partial charge in [0.2, 0.25) is 5.71 Å². The first kappa shape index (κ1) is 14.1. The van der Waals surface area contributed by atoms with E-state index in [1.54, 1.807) is 0 Å². The number of fused-ring (bicyclic) bond motifs is 3. The number of anilines is 1. The average Bonchev–Trinajstić information content (AvgIpc) is 3.06. The maximum atomic E-state index is 6.18. The highest BCUT2D eigenvalue weighted by Gasteiger charge is 2.27. The minimum Gasteiger partial charge on any atom is -0.435 e. The average molecular weight is 307 g/mol. The van der Waals surface area contributed by atoms with Gasteiger partial charge >= 0.3 is 0 Å². The Bertz CT molecular complexity index is 925. The van der Waals surface area contributed by atoms with Crippen LogP contribution in [0.3, 0.4) is 0 Å². The topological polar surface area (TPSA) is 32.5 Å². The second-order valence-electron chi connectivity index (χ2n) is 6.27. The molecule has 4 rings (SSSR count). The molecule has 0 fully saturated rings. The van der Waals surface area contributed by atoms with E-state index in [1.807, 2.05) is 13.0 Å². The first-order valence-electron chi connectivity index (χ1n) is 8.08. The standard InChI is InChI=1S/C19H21N3O/c1-5-16-21(4)10-11-22(16)17-12(2)6-8-14-15-9-7-13(3)20-19(15)23-18(14)17/h6-11,16H,5H2,1-4H3/t16-/m0/s1. The van der Waals surface area contributed by atoms with E-state index in [1.165, 1.54) is 5.56 Å². The molecule has 3 aromatic rings. The molecule has 0 unspecified atom stereocenters. The summed E-state index contributed by atoms with van der Waals surface area (Å²) in [5.41, 5.74) is 4.98. The summed E-state index contributed by atoms with van der Waals surface area (Å²) in [5, 5.41) is 2.21. The molecule has 0 amide bonds. The summed E-state index contributed by atoms with van der Waals surface area (Å²) >= 11 is 0. The van der Waals surface area contributed by atoms with Gasteiger partial charge in [0.15, 0.2) is 5.58 Å². The van der Waals surface area contributed by atoms with Gasteiger partial charge in [-0.1, -0.05) is 19.1 Å². The maximum Gasteiger partial charge on any atom is 0.227 e. The summed E-state index contributed by atoms with van der Waals surface area (Å²) in [6.45, 7) is 6.34. The summed E-state index contributed by atoms with van der Waals surface area (Å²) in [6, 6.07) is 8.45. The smallest absolute Gasteiger partial charge is 0.227 e. The Morgan fingerprint density at radius 1 is 1.09 bits per heavy atom. The fourth-order valence-electron chi connectivity index (χ4n) is 3.50. The van der Waals surface area contributed by atoms with E-state index in [0.717, 1.165) is 39.9 Å². The van der Waals surface area contributed by atoms with Crippen LogP contribution in [0.2, 0.25) is 0 Å². The molecular formula is C19H21N3O. The van der Waals surface area contributed by atoms with Gasteiger partial charge < -0.3 is 14.2 Å². The van der Waals surface area contributed by atoms with Gasteiger partial charge in [0.25, 0.3) is 0 Å². The molecule has 4 nitrogen and oxygen atoms in total. The van der Waals surface area contributed by atoms with Crippen molar-refractivity contribution in [3.05, 3.63) is 47.9 Å². The van der Waals surface area contributed by atoms with Gasteiger partial charge in [0.05, 0.1) is 5.69 Å². The number of hydrogen-bond acceptors (Lipinski definition) is 4. The van der Waals surface area contributed by atoms with Crippen molar-refractivity contribution >= 4 is 27.8 Å². The molecule has 2 aromatic heterocycles. The van der Waals surface area contributed by atoms with Crippen LogP contribution in [0, 0.1) is 13.8 Å². The lowest BCUT2D eigenvalue weighted by molar-refractivity contribution is 0.349. The quantitative estimate of drug-likeness (QED) is 0.695. The van der Waals surface area contributed by atoms with Crippen molar-refractivity contribution < 1.29 is 4.42 Å². The zero-order valence-corrected chi connectivity index (χ0v) is 14.0. The molecule has 1 aliphatic rings. The van der Waals surface area contributed by atoms with Crippen LogP contribution in [0.25, 0.3) is 22.1 Å². The second kappa shape index (κ2) is 5.01. The van der Waals surface area contributed by atoms with Gasteiger partial charge in [-0.05, 0) is 38.0 Å². The van der Waals surface area contributed by atoms with Gasteiger partial charge in [0, 0.05) is 35.9 Å². The van der Waals surface area contributed by atoms with Crippen LogP contribution in [-0.2, 0) is 0 Å². The van der Waals surface area contributed by atoms with Crippen LogP contribution in [-0.4, -0.2) is 23.1 Å². The third-order valence-electron chi connectivity index (χ3n) is 4.70. The molecular weight excluding hydrogens is 286 g/mol. The number of benzene rings is 1. The Labute approximate surface area is 136 Å². The van der Waals surface area contributed by atoms with Crippen molar-refractivity contribution in [1.82, 2.24) is 9.88 Å². The molecule has 0 bridgehead atoms. The van der Waals surface area contributed by atoms with E-state index >= 15 is 0 Å². The lowest BCUT2D eigenvalue weighted by Gasteiger charge is -2.30. The van der Waals surface area contributed by atoms with Gasteiger partial charge in [-0.3, -0.25) is 0 Å². The Morgan fingerprint density at radius 3 is 2.65 bits per heavy atom. The van der Waals surface area contributed by atoms with Crippen LogP contribution < -0.4 is 4.90 Å². The van der Waals surface area contributed by atoms with Gasteiger partial charge in [-0.2, -0.15) is 0 Å². The fourth-order valence-corrected chi connectivity index (χ4v) is 3.50. The van der Waals surface area contributed by atoms with Gasteiger partial charge in [-0.25, -0.2) is 4.98 Å². The zero-order valence-electron chi connectivity index (χ0n) is 14.0. The number of nitrogens with zero attached hydrogens (tertiary/aromatic N) is 3. The summed E-state index contributed by atoms with van der Waals surface area (Å²) in [6.07, 6.45) is 5.62. The van der Waals surface area contributed by atoms with E-state index in [-0.39, 0.29) is 0 Å². The van der Waals surface area contributed by atoms with Crippen molar-refractivity contribution in [2.24, 2.45) is 0 Å². The van der Waals surface area contributed by atoms with E-state index in [9.17, 15) is 0 Å². The molecule has 118 valence electrons. The predicted octanol–water partition coefficient (Wildman–Crippen LogP) is 4.56. The number of furan rings is 1.